The number of ether oxygens (including phenoxy) is 1. The van der Waals surface area contributed by atoms with Gasteiger partial charge in [0.05, 0.1) is 6.10 Å². The van der Waals surface area contributed by atoms with Gasteiger partial charge in [0.25, 0.3) is 5.91 Å². The van der Waals surface area contributed by atoms with Crippen LogP contribution in [-0.2, 0) is 0 Å². The third kappa shape index (κ3) is 6.49. The van der Waals surface area contributed by atoms with Crippen molar-refractivity contribution in [2.45, 2.75) is 51.7 Å². The van der Waals surface area contributed by atoms with Gasteiger partial charge in [0.1, 0.15) is 11.4 Å². The fourth-order valence-electron chi connectivity index (χ4n) is 2.78. The van der Waals surface area contributed by atoms with Crippen molar-refractivity contribution in [2.75, 3.05) is 26.2 Å². The van der Waals surface area contributed by atoms with Crippen molar-refractivity contribution in [1.29, 1.82) is 0 Å². The van der Waals surface area contributed by atoms with Crippen LogP contribution in [0.5, 0.6) is 5.75 Å². The van der Waals surface area contributed by atoms with Crippen LogP contribution in [0, 0.1) is 0 Å². The number of hydrogen-bond acceptors (Lipinski definition) is 4. The van der Waals surface area contributed by atoms with Crippen molar-refractivity contribution in [3.05, 3.63) is 29.8 Å². The highest BCUT2D eigenvalue weighted by atomic mass is 16.5. The van der Waals surface area contributed by atoms with Gasteiger partial charge in [0, 0.05) is 25.2 Å². The van der Waals surface area contributed by atoms with Crippen LogP contribution in [0.15, 0.2) is 24.3 Å². The topological polar surface area (TPSA) is 61.8 Å². The molecule has 5 heteroatoms. The van der Waals surface area contributed by atoms with Crippen LogP contribution >= 0.6 is 0 Å². The van der Waals surface area contributed by atoms with Crippen LogP contribution in [0.1, 0.15) is 50.4 Å². The fraction of sp³-hybridized carbons (Fsp3) is 0.632. The van der Waals surface area contributed by atoms with Gasteiger partial charge in [-0.05, 0) is 70.8 Å². The summed E-state index contributed by atoms with van der Waals surface area (Å²) in [6.45, 7) is 9.52. The molecular weight excluding hydrogens is 304 g/mol. The number of hydrogen-bond donors (Lipinski definition) is 2. The summed E-state index contributed by atoms with van der Waals surface area (Å²) in [5.41, 5.74) is 0.409. The lowest BCUT2D eigenvalue weighted by atomic mass is 10.1. The molecular formula is C19H30N2O3. The maximum Gasteiger partial charge on any atom is 0.251 e. The Morgan fingerprint density at radius 3 is 2.46 bits per heavy atom. The Labute approximate surface area is 145 Å². The second-order valence-corrected chi connectivity index (χ2v) is 7.42. The summed E-state index contributed by atoms with van der Waals surface area (Å²) in [7, 11) is 0. The third-order valence-corrected chi connectivity index (χ3v) is 4.03. The number of piperidine rings is 1. The highest BCUT2D eigenvalue weighted by molar-refractivity contribution is 5.94. The van der Waals surface area contributed by atoms with Gasteiger partial charge in [-0.3, -0.25) is 4.79 Å². The molecule has 0 radical (unpaired) electrons. The predicted molar refractivity (Wildman–Crippen MR) is 95.5 cm³/mol. The van der Waals surface area contributed by atoms with Gasteiger partial charge >= 0.3 is 0 Å². The Hall–Kier alpha value is -1.59. The zero-order chi connectivity index (χ0) is 17.6. The molecule has 0 spiro atoms. The minimum atomic E-state index is -0.242. The predicted octanol–water partition coefficient (Wildman–Crippen LogP) is 2.44. The third-order valence-electron chi connectivity index (χ3n) is 4.03. The lowest BCUT2D eigenvalue weighted by Crippen LogP contribution is -2.37. The number of rotatable bonds is 6. The minimum absolute atomic E-state index is 0.0497. The van der Waals surface area contributed by atoms with Crippen molar-refractivity contribution in [2.24, 2.45) is 0 Å². The molecule has 1 aliphatic heterocycles. The molecule has 134 valence electrons. The second-order valence-electron chi connectivity index (χ2n) is 7.42. The second kappa shape index (κ2) is 8.49. The molecule has 0 aliphatic carbocycles. The number of carbonyl (C=O) groups excluding carboxylic acids is 1. The Bertz CT molecular complexity index is 514. The molecule has 0 unspecified atom stereocenters. The van der Waals surface area contributed by atoms with E-state index in [0.717, 1.165) is 44.6 Å². The van der Waals surface area contributed by atoms with Gasteiger partial charge in [-0.1, -0.05) is 0 Å². The van der Waals surface area contributed by atoms with Crippen molar-refractivity contribution < 1.29 is 14.6 Å². The quantitative estimate of drug-likeness (QED) is 0.785. The summed E-state index contributed by atoms with van der Waals surface area (Å²) in [5, 5.41) is 12.4. The molecule has 1 heterocycles. The normalized spacial score (nSPS) is 16.8. The zero-order valence-corrected chi connectivity index (χ0v) is 15.0. The van der Waals surface area contributed by atoms with E-state index < -0.39 is 0 Å². The summed E-state index contributed by atoms with van der Waals surface area (Å²) >= 11 is 0. The number of aliphatic hydroxyl groups excluding tert-OH is 1. The summed E-state index contributed by atoms with van der Waals surface area (Å²) in [5.74, 6) is 0.720. The molecule has 24 heavy (non-hydrogen) atoms. The highest BCUT2D eigenvalue weighted by Gasteiger charge is 2.16. The standard InChI is InChI=1S/C19H30N2O3/c1-19(2,3)24-17-7-5-15(6-8-17)18(23)20-11-4-12-21-13-9-16(22)10-14-21/h5-8,16,22H,4,9-14H2,1-3H3,(H,20,23). The molecule has 2 N–H and O–H groups in total. The molecule has 0 bridgehead atoms. The first-order valence-electron chi connectivity index (χ1n) is 8.81. The zero-order valence-electron chi connectivity index (χ0n) is 15.0. The summed E-state index contributed by atoms with van der Waals surface area (Å²) in [4.78, 5) is 14.5. The molecule has 1 aromatic rings. The Kier molecular flexibility index (Phi) is 6.63. The van der Waals surface area contributed by atoms with Gasteiger partial charge in [-0.2, -0.15) is 0 Å². The van der Waals surface area contributed by atoms with Crippen LogP contribution in [-0.4, -0.2) is 53.8 Å². The van der Waals surface area contributed by atoms with E-state index in [1.54, 1.807) is 12.1 Å². The monoisotopic (exact) mass is 334 g/mol. The number of aliphatic hydroxyl groups is 1. The number of nitrogens with zero attached hydrogens (tertiary/aromatic N) is 1. The Morgan fingerprint density at radius 2 is 1.88 bits per heavy atom. The number of carbonyl (C=O) groups is 1. The van der Waals surface area contributed by atoms with Crippen LogP contribution in [0.4, 0.5) is 0 Å². The van der Waals surface area contributed by atoms with Crippen molar-refractivity contribution in [3.8, 4) is 5.75 Å². The average Bonchev–Trinajstić information content (AvgIpc) is 2.52. The van der Waals surface area contributed by atoms with Crippen molar-refractivity contribution in [1.82, 2.24) is 10.2 Å². The van der Waals surface area contributed by atoms with E-state index in [1.807, 2.05) is 32.9 Å². The maximum absolute atomic E-state index is 12.1. The lowest BCUT2D eigenvalue weighted by Gasteiger charge is -2.29. The number of nitrogens with one attached hydrogen (secondary N) is 1. The number of likely N-dealkylation sites (tertiary alicyclic amines) is 1. The first-order chi connectivity index (χ1) is 11.3. The minimum Gasteiger partial charge on any atom is -0.488 e. The van der Waals surface area contributed by atoms with Crippen molar-refractivity contribution >= 4 is 5.91 Å². The van der Waals surface area contributed by atoms with E-state index >= 15 is 0 Å². The van der Waals surface area contributed by atoms with Crippen LogP contribution in [0.25, 0.3) is 0 Å². The van der Waals surface area contributed by atoms with Crippen LogP contribution in [0.2, 0.25) is 0 Å². The summed E-state index contributed by atoms with van der Waals surface area (Å²) < 4.78 is 5.75. The highest BCUT2D eigenvalue weighted by Crippen LogP contribution is 2.18. The SMILES string of the molecule is CC(C)(C)Oc1ccc(C(=O)NCCCN2CCC(O)CC2)cc1. The fourth-order valence-corrected chi connectivity index (χ4v) is 2.78. The molecule has 1 fully saturated rings. The first kappa shape index (κ1) is 18.7. The molecule has 1 amide bonds. The van der Waals surface area contributed by atoms with Crippen molar-refractivity contribution in [3.63, 3.8) is 0 Å². The molecule has 1 aromatic carbocycles. The van der Waals surface area contributed by atoms with Gasteiger partial charge in [0.15, 0.2) is 0 Å². The maximum atomic E-state index is 12.1. The molecule has 1 saturated heterocycles. The van der Waals surface area contributed by atoms with Crippen LogP contribution in [0.3, 0.4) is 0 Å². The molecule has 5 nitrogen and oxygen atoms in total. The van der Waals surface area contributed by atoms with E-state index in [9.17, 15) is 9.90 Å². The Balaban J connectivity index is 1.68. The van der Waals surface area contributed by atoms with Crippen LogP contribution < -0.4 is 10.1 Å². The molecule has 0 atom stereocenters. The number of benzene rings is 1. The molecule has 2 rings (SSSR count). The van der Waals surface area contributed by atoms with E-state index in [4.69, 9.17) is 4.74 Å². The largest absolute Gasteiger partial charge is 0.488 e. The van der Waals surface area contributed by atoms with E-state index in [0.29, 0.717) is 12.1 Å². The molecule has 0 aromatic heterocycles. The van der Waals surface area contributed by atoms with Gasteiger partial charge in [-0.25, -0.2) is 0 Å². The van der Waals surface area contributed by atoms with E-state index in [-0.39, 0.29) is 17.6 Å². The van der Waals surface area contributed by atoms with E-state index in [2.05, 4.69) is 10.2 Å². The summed E-state index contributed by atoms with van der Waals surface area (Å²) in [6, 6.07) is 7.25. The Morgan fingerprint density at radius 1 is 1.25 bits per heavy atom. The van der Waals surface area contributed by atoms with Gasteiger partial charge in [0.2, 0.25) is 0 Å². The molecule has 0 saturated carbocycles. The number of amides is 1. The average molecular weight is 334 g/mol. The smallest absolute Gasteiger partial charge is 0.251 e. The van der Waals surface area contributed by atoms with Gasteiger partial charge < -0.3 is 20.1 Å². The first-order valence-corrected chi connectivity index (χ1v) is 8.81. The van der Waals surface area contributed by atoms with E-state index in [1.165, 1.54) is 0 Å². The summed E-state index contributed by atoms with van der Waals surface area (Å²) in [6.07, 6.45) is 2.50. The van der Waals surface area contributed by atoms with Gasteiger partial charge in [-0.15, -0.1) is 0 Å². The molecule has 1 aliphatic rings. The lowest BCUT2D eigenvalue weighted by molar-refractivity contribution is 0.0816.